The average Bonchev–Trinajstić information content (AvgIpc) is 3.87. The number of allylic oxidation sites excluding steroid dienone is 1. The van der Waals surface area contributed by atoms with Crippen molar-refractivity contribution in [2.75, 3.05) is 64.5 Å². The minimum Gasteiger partial charge on any atom is -0.384 e. The SMILES string of the molecule is CN(C)/C=C(\C=N\c1cc(NC2CCNCC2)n2ncc(-c3ccncc3)c2n1)c1cnn2c(N)cc(C3CNCCC34OCCO4)nc12. The second kappa shape index (κ2) is 13.2. The summed E-state index contributed by atoms with van der Waals surface area (Å²) in [7, 11) is 3.94. The maximum absolute atomic E-state index is 6.59. The van der Waals surface area contributed by atoms with Crippen molar-refractivity contribution >= 4 is 40.5 Å². The highest BCUT2D eigenvalue weighted by Crippen LogP contribution is 2.40. The van der Waals surface area contributed by atoms with Gasteiger partial charge in [0.2, 0.25) is 0 Å². The summed E-state index contributed by atoms with van der Waals surface area (Å²) in [4.78, 5) is 21.2. The normalized spacial score (nSPS) is 20.2. The summed E-state index contributed by atoms with van der Waals surface area (Å²) in [6.45, 7) is 4.56. The standard InChI is InChI=1S/C34H41N13O2/c1-45(2)21-23(26-19-40-46-29(35)15-28(43-32(26)46)27-20-38-12-7-34(27)48-13-14-49-34)17-39-30-16-31(42-24-5-10-37-11-6-24)47-33(44-30)25(18-41-47)22-3-8-36-9-4-22/h3-4,8-9,15-19,21,24,27,37-38,42H,5-7,10-14,20,35H2,1-2H3/b23-21+,39-17+. The summed E-state index contributed by atoms with van der Waals surface area (Å²) in [5.74, 6) is 1.03. The van der Waals surface area contributed by atoms with Crippen molar-refractivity contribution in [3.05, 3.63) is 66.5 Å². The Morgan fingerprint density at radius 3 is 2.61 bits per heavy atom. The topological polar surface area (TPSA) is 169 Å². The first-order valence-corrected chi connectivity index (χ1v) is 16.8. The zero-order valence-corrected chi connectivity index (χ0v) is 27.7. The minimum atomic E-state index is -0.708. The highest BCUT2D eigenvalue weighted by Gasteiger charge is 2.47. The molecule has 0 bridgehead atoms. The van der Waals surface area contributed by atoms with Crippen LogP contribution in [0.5, 0.6) is 0 Å². The molecule has 5 aromatic heterocycles. The van der Waals surface area contributed by atoms with Crippen molar-refractivity contribution in [1.82, 2.24) is 49.7 Å². The summed E-state index contributed by atoms with van der Waals surface area (Å²) in [6.07, 6.45) is 13.7. The van der Waals surface area contributed by atoms with Crippen LogP contribution in [0.15, 0.2) is 60.2 Å². The number of nitrogens with zero attached hydrogens (tertiary/aromatic N) is 9. The quantitative estimate of drug-likeness (QED) is 0.179. The molecule has 3 aliphatic heterocycles. The number of piperidine rings is 2. The summed E-state index contributed by atoms with van der Waals surface area (Å²) in [5, 5.41) is 20.0. The third-order valence-corrected chi connectivity index (χ3v) is 9.37. The van der Waals surface area contributed by atoms with E-state index >= 15 is 0 Å². The molecule has 0 aromatic carbocycles. The number of nitrogen functional groups attached to an aromatic ring is 1. The number of rotatable bonds is 8. The fourth-order valence-corrected chi connectivity index (χ4v) is 6.99. The second-order valence-electron chi connectivity index (χ2n) is 12.9. The van der Waals surface area contributed by atoms with Gasteiger partial charge in [0.25, 0.3) is 0 Å². The van der Waals surface area contributed by atoms with Gasteiger partial charge in [-0.25, -0.2) is 15.0 Å². The fourth-order valence-electron chi connectivity index (χ4n) is 6.99. The van der Waals surface area contributed by atoms with E-state index in [1.54, 1.807) is 23.1 Å². The first-order valence-electron chi connectivity index (χ1n) is 16.8. The van der Waals surface area contributed by atoms with E-state index in [1.165, 1.54) is 0 Å². The predicted molar refractivity (Wildman–Crippen MR) is 188 cm³/mol. The molecule has 1 unspecified atom stereocenters. The molecule has 0 amide bonds. The molecule has 5 N–H and O–H groups in total. The molecule has 1 spiro atoms. The Hall–Kier alpha value is -4.96. The molecule has 3 fully saturated rings. The summed E-state index contributed by atoms with van der Waals surface area (Å²) < 4.78 is 15.9. The average molecular weight is 664 g/mol. The molecule has 5 aromatic rings. The van der Waals surface area contributed by atoms with Gasteiger partial charge in [-0.2, -0.15) is 19.2 Å². The molecule has 0 saturated carbocycles. The van der Waals surface area contributed by atoms with Gasteiger partial charge in [-0.1, -0.05) is 0 Å². The van der Waals surface area contributed by atoms with Crippen molar-refractivity contribution in [2.45, 2.75) is 37.0 Å². The van der Waals surface area contributed by atoms with E-state index in [9.17, 15) is 0 Å². The third-order valence-electron chi connectivity index (χ3n) is 9.37. The number of hydrogen-bond donors (Lipinski definition) is 4. The molecule has 0 radical (unpaired) electrons. The van der Waals surface area contributed by atoms with Gasteiger partial charge in [-0.05, 0) is 43.6 Å². The highest BCUT2D eigenvalue weighted by atomic mass is 16.7. The van der Waals surface area contributed by atoms with E-state index in [4.69, 9.17) is 35.3 Å². The van der Waals surface area contributed by atoms with Crippen LogP contribution in [0.25, 0.3) is 28.0 Å². The van der Waals surface area contributed by atoms with Crippen LogP contribution in [-0.2, 0) is 9.47 Å². The van der Waals surface area contributed by atoms with Crippen molar-refractivity contribution < 1.29 is 9.47 Å². The van der Waals surface area contributed by atoms with Crippen molar-refractivity contribution in [1.29, 1.82) is 0 Å². The first kappa shape index (κ1) is 31.3. The maximum atomic E-state index is 6.59. The number of aromatic nitrogens is 7. The summed E-state index contributed by atoms with van der Waals surface area (Å²) in [5.41, 5.74) is 12.2. The van der Waals surface area contributed by atoms with Gasteiger partial charge < -0.3 is 36.1 Å². The van der Waals surface area contributed by atoms with Gasteiger partial charge in [0.15, 0.2) is 22.9 Å². The molecule has 15 nitrogen and oxygen atoms in total. The van der Waals surface area contributed by atoms with Crippen molar-refractivity contribution in [3.63, 3.8) is 0 Å². The van der Waals surface area contributed by atoms with E-state index in [2.05, 4.69) is 26.0 Å². The van der Waals surface area contributed by atoms with E-state index in [1.807, 2.05) is 66.4 Å². The Morgan fingerprint density at radius 2 is 1.82 bits per heavy atom. The van der Waals surface area contributed by atoms with E-state index in [-0.39, 0.29) is 5.92 Å². The van der Waals surface area contributed by atoms with Crippen LogP contribution in [0.4, 0.5) is 17.5 Å². The molecule has 1 atom stereocenters. The molecular formula is C34H41N13O2. The number of ether oxygens (including phenoxy) is 2. The number of nitrogens with one attached hydrogen (secondary N) is 3. The fraction of sp³-hybridized carbons (Fsp3) is 0.412. The maximum Gasteiger partial charge on any atom is 0.179 e. The smallest absolute Gasteiger partial charge is 0.179 e. The molecule has 49 heavy (non-hydrogen) atoms. The highest BCUT2D eigenvalue weighted by molar-refractivity contribution is 6.12. The van der Waals surface area contributed by atoms with Gasteiger partial charge in [-0.15, -0.1) is 0 Å². The van der Waals surface area contributed by atoms with Crippen LogP contribution in [0, 0.1) is 0 Å². The number of nitrogens with two attached hydrogens (primary N) is 1. The Labute approximate surface area is 283 Å². The van der Waals surface area contributed by atoms with Gasteiger partial charge in [0.1, 0.15) is 11.6 Å². The van der Waals surface area contributed by atoms with Crippen LogP contribution >= 0.6 is 0 Å². The lowest BCUT2D eigenvalue weighted by molar-refractivity contribution is -0.187. The number of anilines is 2. The van der Waals surface area contributed by atoms with Crippen molar-refractivity contribution in [3.8, 4) is 11.1 Å². The largest absolute Gasteiger partial charge is 0.384 e. The third kappa shape index (κ3) is 6.10. The second-order valence-corrected chi connectivity index (χ2v) is 12.9. The lowest BCUT2D eigenvalue weighted by Crippen LogP contribution is -2.49. The van der Waals surface area contributed by atoms with Crippen LogP contribution in [0.2, 0.25) is 0 Å². The number of fused-ring (bicyclic) bond motifs is 2. The Morgan fingerprint density at radius 1 is 1.02 bits per heavy atom. The Balaban J connectivity index is 1.19. The zero-order chi connectivity index (χ0) is 33.4. The summed E-state index contributed by atoms with van der Waals surface area (Å²) in [6, 6.07) is 8.05. The monoisotopic (exact) mass is 663 g/mol. The van der Waals surface area contributed by atoms with E-state index in [0.29, 0.717) is 48.7 Å². The van der Waals surface area contributed by atoms with Crippen LogP contribution in [0.3, 0.4) is 0 Å². The molecule has 15 heteroatoms. The number of aliphatic imine (C=N–C) groups is 1. The Kier molecular flexibility index (Phi) is 8.41. The van der Waals surface area contributed by atoms with Crippen LogP contribution in [-0.4, -0.2) is 111 Å². The minimum absolute atomic E-state index is 0.124. The number of hydrogen-bond acceptors (Lipinski definition) is 13. The zero-order valence-electron chi connectivity index (χ0n) is 27.7. The van der Waals surface area contributed by atoms with Gasteiger partial charge >= 0.3 is 0 Å². The van der Waals surface area contributed by atoms with Crippen molar-refractivity contribution in [2.24, 2.45) is 4.99 Å². The molecular weight excluding hydrogens is 622 g/mol. The molecule has 3 saturated heterocycles. The molecule has 8 rings (SSSR count). The van der Waals surface area contributed by atoms with Gasteiger partial charge in [-0.3, -0.25) is 4.98 Å². The number of pyridine rings is 1. The lowest BCUT2D eigenvalue weighted by Gasteiger charge is -2.39. The predicted octanol–water partition coefficient (Wildman–Crippen LogP) is 2.71. The van der Waals surface area contributed by atoms with E-state index in [0.717, 1.165) is 72.7 Å². The van der Waals surface area contributed by atoms with Crippen LogP contribution < -0.4 is 21.7 Å². The first-order chi connectivity index (χ1) is 24.0. The molecule has 8 heterocycles. The van der Waals surface area contributed by atoms with Crippen LogP contribution in [0.1, 0.15) is 36.4 Å². The van der Waals surface area contributed by atoms with E-state index < -0.39 is 5.79 Å². The lowest BCUT2D eigenvalue weighted by atomic mass is 9.88. The summed E-state index contributed by atoms with van der Waals surface area (Å²) >= 11 is 0. The molecule has 254 valence electrons. The molecule has 3 aliphatic rings. The van der Waals surface area contributed by atoms with Gasteiger partial charge in [0, 0.05) is 93.3 Å². The molecule has 0 aliphatic carbocycles. The van der Waals surface area contributed by atoms with Gasteiger partial charge in [0.05, 0.1) is 37.2 Å². The Bertz CT molecular complexity index is 2010.